The third-order valence-corrected chi connectivity index (χ3v) is 3.14. The highest BCUT2D eigenvalue weighted by molar-refractivity contribution is 5.94. The van der Waals surface area contributed by atoms with Gasteiger partial charge in [-0.1, -0.05) is 6.07 Å². The SMILES string of the molecule is CC1CCCCN1C(=O)c1cccc(F)c1. The predicted octanol–water partition coefficient (Wildman–Crippen LogP) is 2.84. The lowest BCUT2D eigenvalue weighted by Gasteiger charge is -2.33. The van der Waals surface area contributed by atoms with E-state index in [0.29, 0.717) is 5.56 Å². The molecule has 0 spiro atoms. The molecule has 1 aromatic rings. The maximum absolute atomic E-state index is 13.0. The van der Waals surface area contributed by atoms with Gasteiger partial charge in [0, 0.05) is 18.2 Å². The first kappa shape index (κ1) is 11.1. The Labute approximate surface area is 95.1 Å². The standard InChI is InChI=1S/C13H16FNO/c1-10-5-2-3-8-15(10)13(16)11-6-4-7-12(14)9-11/h4,6-7,9-10H,2-3,5,8H2,1H3. The van der Waals surface area contributed by atoms with E-state index in [1.54, 1.807) is 12.1 Å². The number of carbonyl (C=O) groups is 1. The monoisotopic (exact) mass is 221 g/mol. The molecule has 1 aliphatic heterocycles. The summed E-state index contributed by atoms with van der Waals surface area (Å²) in [5, 5.41) is 0. The van der Waals surface area contributed by atoms with Crippen LogP contribution in [0.4, 0.5) is 4.39 Å². The van der Waals surface area contributed by atoms with Crippen LogP contribution in [0.15, 0.2) is 24.3 Å². The molecule has 1 aromatic carbocycles. The molecule has 0 radical (unpaired) electrons. The van der Waals surface area contributed by atoms with E-state index in [0.717, 1.165) is 19.4 Å². The van der Waals surface area contributed by atoms with Crippen molar-refractivity contribution in [2.45, 2.75) is 32.2 Å². The van der Waals surface area contributed by atoms with Gasteiger partial charge in [-0.25, -0.2) is 4.39 Å². The summed E-state index contributed by atoms with van der Waals surface area (Å²) in [6, 6.07) is 6.19. The molecule has 2 nitrogen and oxygen atoms in total. The van der Waals surface area contributed by atoms with Crippen LogP contribution < -0.4 is 0 Å². The maximum atomic E-state index is 13.0. The van der Waals surface area contributed by atoms with Crippen molar-refractivity contribution in [1.29, 1.82) is 0 Å². The second-order valence-electron chi connectivity index (χ2n) is 4.35. The number of likely N-dealkylation sites (tertiary alicyclic amines) is 1. The molecule has 1 fully saturated rings. The van der Waals surface area contributed by atoms with Crippen molar-refractivity contribution < 1.29 is 9.18 Å². The smallest absolute Gasteiger partial charge is 0.254 e. The van der Waals surface area contributed by atoms with Crippen LogP contribution in [-0.4, -0.2) is 23.4 Å². The lowest BCUT2D eigenvalue weighted by Crippen LogP contribution is -2.42. The van der Waals surface area contributed by atoms with Crippen molar-refractivity contribution in [3.8, 4) is 0 Å². The highest BCUT2D eigenvalue weighted by Crippen LogP contribution is 2.19. The third kappa shape index (κ3) is 2.23. The number of amides is 1. The van der Waals surface area contributed by atoms with Crippen LogP contribution in [0.5, 0.6) is 0 Å². The molecule has 0 N–H and O–H groups in total. The molecule has 16 heavy (non-hydrogen) atoms. The molecule has 0 aliphatic carbocycles. The van der Waals surface area contributed by atoms with E-state index in [1.165, 1.54) is 18.6 Å². The van der Waals surface area contributed by atoms with Crippen LogP contribution in [0, 0.1) is 5.82 Å². The normalized spacial score (nSPS) is 20.9. The number of carbonyl (C=O) groups excluding carboxylic acids is 1. The van der Waals surface area contributed by atoms with Crippen molar-refractivity contribution in [3.63, 3.8) is 0 Å². The fourth-order valence-corrected chi connectivity index (χ4v) is 2.19. The second kappa shape index (κ2) is 4.64. The fraction of sp³-hybridized carbons (Fsp3) is 0.462. The number of nitrogens with zero attached hydrogens (tertiary/aromatic N) is 1. The van der Waals surface area contributed by atoms with Gasteiger partial charge >= 0.3 is 0 Å². The average molecular weight is 221 g/mol. The minimum absolute atomic E-state index is 0.0494. The van der Waals surface area contributed by atoms with Crippen molar-refractivity contribution >= 4 is 5.91 Å². The summed E-state index contributed by atoms with van der Waals surface area (Å²) in [4.78, 5) is 14.0. The Bertz CT molecular complexity index is 391. The van der Waals surface area contributed by atoms with E-state index in [9.17, 15) is 9.18 Å². The Balaban J connectivity index is 2.17. The fourth-order valence-electron chi connectivity index (χ4n) is 2.19. The van der Waals surface area contributed by atoms with E-state index in [1.807, 2.05) is 4.90 Å². The number of halogens is 1. The number of piperidine rings is 1. The highest BCUT2D eigenvalue weighted by Gasteiger charge is 2.24. The van der Waals surface area contributed by atoms with Gasteiger partial charge in [0.1, 0.15) is 5.82 Å². The van der Waals surface area contributed by atoms with Crippen molar-refractivity contribution in [1.82, 2.24) is 4.90 Å². The molecule has 3 heteroatoms. The molecule has 1 unspecified atom stereocenters. The topological polar surface area (TPSA) is 20.3 Å². The summed E-state index contributed by atoms with van der Waals surface area (Å²) < 4.78 is 13.0. The van der Waals surface area contributed by atoms with Crippen LogP contribution >= 0.6 is 0 Å². The highest BCUT2D eigenvalue weighted by atomic mass is 19.1. The van der Waals surface area contributed by atoms with Crippen LogP contribution in [-0.2, 0) is 0 Å². The van der Waals surface area contributed by atoms with Gasteiger partial charge in [-0.3, -0.25) is 4.79 Å². The number of rotatable bonds is 1. The van der Waals surface area contributed by atoms with Crippen LogP contribution in [0.25, 0.3) is 0 Å². The van der Waals surface area contributed by atoms with Crippen LogP contribution in [0.2, 0.25) is 0 Å². The Hall–Kier alpha value is -1.38. The molecule has 0 saturated carbocycles. The van der Waals surface area contributed by atoms with Crippen molar-refractivity contribution in [2.75, 3.05) is 6.54 Å². The van der Waals surface area contributed by atoms with Gasteiger partial charge < -0.3 is 4.90 Å². The quantitative estimate of drug-likeness (QED) is 0.714. The van der Waals surface area contributed by atoms with Crippen LogP contribution in [0.1, 0.15) is 36.5 Å². The van der Waals surface area contributed by atoms with Crippen molar-refractivity contribution in [2.24, 2.45) is 0 Å². The molecule has 86 valence electrons. The summed E-state index contributed by atoms with van der Waals surface area (Å²) in [5.74, 6) is -0.401. The summed E-state index contributed by atoms with van der Waals surface area (Å²) in [6.45, 7) is 2.84. The molecule has 1 heterocycles. The minimum atomic E-state index is -0.351. The Morgan fingerprint density at radius 1 is 1.44 bits per heavy atom. The second-order valence-corrected chi connectivity index (χ2v) is 4.35. The minimum Gasteiger partial charge on any atom is -0.336 e. The summed E-state index contributed by atoms with van der Waals surface area (Å²) in [5.41, 5.74) is 0.453. The van der Waals surface area contributed by atoms with Gasteiger partial charge in [0.05, 0.1) is 0 Å². The van der Waals surface area contributed by atoms with Gasteiger partial charge in [0.2, 0.25) is 0 Å². The summed E-state index contributed by atoms with van der Waals surface area (Å²) >= 11 is 0. The van der Waals surface area contributed by atoms with Gasteiger partial charge in [-0.2, -0.15) is 0 Å². The molecule has 1 saturated heterocycles. The Morgan fingerprint density at radius 3 is 2.94 bits per heavy atom. The Kier molecular flexibility index (Phi) is 3.22. The first-order valence-electron chi connectivity index (χ1n) is 5.75. The maximum Gasteiger partial charge on any atom is 0.254 e. The third-order valence-electron chi connectivity index (χ3n) is 3.14. The van der Waals surface area contributed by atoms with E-state index in [4.69, 9.17) is 0 Å². The molecule has 1 atom stereocenters. The van der Waals surface area contributed by atoms with E-state index >= 15 is 0 Å². The zero-order valence-electron chi connectivity index (χ0n) is 9.45. The van der Waals surface area contributed by atoms with E-state index < -0.39 is 0 Å². The molecule has 1 aliphatic rings. The number of hydrogen-bond acceptors (Lipinski definition) is 1. The van der Waals surface area contributed by atoms with Crippen LogP contribution in [0.3, 0.4) is 0 Å². The molecule has 0 aromatic heterocycles. The molecular weight excluding hydrogens is 205 g/mol. The zero-order chi connectivity index (χ0) is 11.5. The summed E-state index contributed by atoms with van der Waals surface area (Å²) in [7, 11) is 0. The van der Waals surface area contributed by atoms with Gasteiger partial charge in [0.25, 0.3) is 5.91 Å². The van der Waals surface area contributed by atoms with Crippen molar-refractivity contribution in [3.05, 3.63) is 35.6 Å². The predicted molar refractivity (Wildman–Crippen MR) is 60.7 cm³/mol. The van der Waals surface area contributed by atoms with Gasteiger partial charge in [-0.15, -0.1) is 0 Å². The molecule has 0 bridgehead atoms. The zero-order valence-corrected chi connectivity index (χ0v) is 9.45. The van der Waals surface area contributed by atoms with Gasteiger partial charge in [0.15, 0.2) is 0 Å². The Morgan fingerprint density at radius 2 is 2.25 bits per heavy atom. The number of benzene rings is 1. The van der Waals surface area contributed by atoms with Gasteiger partial charge in [-0.05, 0) is 44.4 Å². The van der Waals surface area contributed by atoms with E-state index in [-0.39, 0.29) is 17.8 Å². The average Bonchev–Trinajstić information content (AvgIpc) is 2.29. The van der Waals surface area contributed by atoms with E-state index in [2.05, 4.69) is 6.92 Å². The summed E-state index contributed by atoms with van der Waals surface area (Å²) in [6.07, 6.45) is 3.26. The largest absolute Gasteiger partial charge is 0.336 e. The lowest BCUT2D eigenvalue weighted by molar-refractivity contribution is 0.0635. The molecular formula is C13H16FNO. The number of hydrogen-bond donors (Lipinski definition) is 0. The first-order valence-corrected chi connectivity index (χ1v) is 5.75. The molecule has 1 amide bonds. The molecule has 2 rings (SSSR count). The lowest BCUT2D eigenvalue weighted by atomic mass is 10.0. The first-order chi connectivity index (χ1) is 7.68.